The van der Waals surface area contributed by atoms with Gasteiger partial charge < -0.3 is 10.1 Å². The third-order valence-electron chi connectivity index (χ3n) is 4.57. The molecule has 0 aromatic heterocycles. The Morgan fingerprint density at radius 1 is 1.25 bits per heavy atom. The van der Waals surface area contributed by atoms with Crippen LogP contribution in [-0.4, -0.2) is 12.6 Å². The highest BCUT2D eigenvalue weighted by molar-refractivity contribution is 5.27. The zero-order valence-electron chi connectivity index (χ0n) is 12.8. The van der Waals surface area contributed by atoms with Crippen LogP contribution in [0.1, 0.15) is 38.7 Å². The van der Waals surface area contributed by atoms with Gasteiger partial charge in [0.25, 0.3) is 0 Å². The molecular weight excluding hydrogens is 246 g/mol. The van der Waals surface area contributed by atoms with Gasteiger partial charge in [0, 0.05) is 12.6 Å². The molecule has 1 aliphatic rings. The molecule has 0 bridgehead atoms. The van der Waals surface area contributed by atoms with E-state index < -0.39 is 0 Å². The summed E-state index contributed by atoms with van der Waals surface area (Å²) in [6.45, 7) is 9.93. The molecule has 0 saturated heterocycles. The summed E-state index contributed by atoms with van der Waals surface area (Å²) in [5.41, 5.74) is 1.32. The second-order valence-corrected chi connectivity index (χ2v) is 6.00. The average Bonchev–Trinajstić information content (AvgIpc) is 2.48. The van der Waals surface area contributed by atoms with Gasteiger partial charge in [-0.3, -0.25) is 0 Å². The van der Waals surface area contributed by atoms with Gasteiger partial charge >= 0.3 is 0 Å². The minimum atomic E-state index is 0.565. The molecule has 2 rings (SSSR count). The van der Waals surface area contributed by atoms with Gasteiger partial charge in [-0.2, -0.15) is 0 Å². The summed E-state index contributed by atoms with van der Waals surface area (Å²) in [7, 11) is 0. The minimum absolute atomic E-state index is 0.565. The van der Waals surface area contributed by atoms with E-state index in [2.05, 4.69) is 37.9 Å². The standard InChI is InChI=1S/C18H27NO/c1-4-12-20-17-10-8-16(9-11-17)13-19-18-7-5-6-14(2)15(18)3/h4,8-11,14-15,18-19H,1,5-7,12-13H2,2-3H3/t14-,15-,18+/m1/s1. The molecule has 20 heavy (non-hydrogen) atoms. The maximum Gasteiger partial charge on any atom is 0.119 e. The molecule has 0 heterocycles. The van der Waals surface area contributed by atoms with E-state index in [9.17, 15) is 0 Å². The molecule has 0 aliphatic heterocycles. The van der Waals surface area contributed by atoms with Gasteiger partial charge in [-0.05, 0) is 36.0 Å². The second kappa shape index (κ2) is 7.49. The number of ether oxygens (including phenoxy) is 1. The van der Waals surface area contributed by atoms with Crippen LogP contribution in [0.15, 0.2) is 36.9 Å². The fraction of sp³-hybridized carbons (Fsp3) is 0.556. The number of nitrogens with one attached hydrogen (secondary N) is 1. The largest absolute Gasteiger partial charge is 0.490 e. The lowest BCUT2D eigenvalue weighted by Gasteiger charge is -2.34. The molecule has 1 aliphatic carbocycles. The summed E-state index contributed by atoms with van der Waals surface area (Å²) in [6.07, 6.45) is 5.82. The van der Waals surface area contributed by atoms with Crippen molar-refractivity contribution in [1.29, 1.82) is 0 Å². The predicted molar refractivity (Wildman–Crippen MR) is 84.9 cm³/mol. The fourth-order valence-corrected chi connectivity index (χ4v) is 2.98. The van der Waals surface area contributed by atoms with Crippen molar-refractivity contribution in [2.45, 2.75) is 45.7 Å². The van der Waals surface area contributed by atoms with Gasteiger partial charge in [0.05, 0.1) is 0 Å². The summed E-state index contributed by atoms with van der Waals surface area (Å²) < 4.78 is 5.50. The van der Waals surface area contributed by atoms with Crippen LogP contribution >= 0.6 is 0 Å². The molecular formula is C18H27NO. The third kappa shape index (κ3) is 4.11. The van der Waals surface area contributed by atoms with Crippen LogP contribution in [0, 0.1) is 11.8 Å². The van der Waals surface area contributed by atoms with Crippen molar-refractivity contribution in [1.82, 2.24) is 5.32 Å². The lowest BCUT2D eigenvalue weighted by molar-refractivity contribution is 0.206. The first kappa shape index (κ1) is 15.1. The van der Waals surface area contributed by atoms with Crippen molar-refractivity contribution in [2.24, 2.45) is 11.8 Å². The number of rotatable bonds is 6. The third-order valence-corrected chi connectivity index (χ3v) is 4.57. The van der Waals surface area contributed by atoms with Crippen molar-refractivity contribution in [2.75, 3.05) is 6.61 Å². The number of hydrogen-bond acceptors (Lipinski definition) is 2. The monoisotopic (exact) mass is 273 g/mol. The van der Waals surface area contributed by atoms with Crippen molar-refractivity contribution in [3.8, 4) is 5.75 Å². The van der Waals surface area contributed by atoms with E-state index in [4.69, 9.17) is 4.74 Å². The van der Waals surface area contributed by atoms with Crippen molar-refractivity contribution in [3.63, 3.8) is 0 Å². The van der Waals surface area contributed by atoms with Gasteiger partial charge in [-0.15, -0.1) is 0 Å². The first-order valence-corrected chi connectivity index (χ1v) is 7.76. The van der Waals surface area contributed by atoms with E-state index in [0.29, 0.717) is 12.6 Å². The Labute approximate surface area is 123 Å². The molecule has 2 nitrogen and oxygen atoms in total. The Morgan fingerprint density at radius 2 is 2.00 bits per heavy atom. The topological polar surface area (TPSA) is 21.3 Å². The summed E-state index contributed by atoms with van der Waals surface area (Å²) in [6, 6.07) is 9.02. The van der Waals surface area contributed by atoms with Crippen LogP contribution in [0.2, 0.25) is 0 Å². The molecule has 1 aromatic carbocycles. The first-order chi connectivity index (χ1) is 9.70. The Morgan fingerprint density at radius 3 is 2.70 bits per heavy atom. The molecule has 2 heteroatoms. The highest BCUT2D eigenvalue weighted by Crippen LogP contribution is 2.29. The van der Waals surface area contributed by atoms with Crippen molar-refractivity contribution in [3.05, 3.63) is 42.5 Å². The Balaban J connectivity index is 1.82. The molecule has 1 saturated carbocycles. The van der Waals surface area contributed by atoms with Crippen LogP contribution in [0.4, 0.5) is 0 Å². The number of hydrogen-bond donors (Lipinski definition) is 1. The lowest BCUT2D eigenvalue weighted by Crippen LogP contribution is -2.40. The van der Waals surface area contributed by atoms with E-state index in [1.807, 2.05) is 12.1 Å². The van der Waals surface area contributed by atoms with E-state index >= 15 is 0 Å². The second-order valence-electron chi connectivity index (χ2n) is 6.00. The zero-order chi connectivity index (χ0) is 14.4. The van der Waals surface area contributed by atoms with Gasteiger partial charge in [0.15, 0.2) is 0 Å². The van der Waals surface area contributed by atoms with Crippen LogP contribution < -0.4 is 10.1 Å². The highest BCUT2D eigenvalue weighted by Gasteiger charge is 2.26. The Bertz CT molecular complexity index is 412. The maximum absolute atomic E-state index is 5.50. The first-order valence-electron chi connectivity index (χ1n) is 7.76. The Hall–Kier alpha value is -1.28. The lowest BCUT2D eigenvalue weighted by atomic mass is 9.78. The molecule has 3 atom stereocenters. The number of benzene rings is 1. The fourth-order valence-electron chi connectivity index (χ4n) is 2.98. The maximum atomic E-state index is 5.50. The molecule has 1 fully saturated rings. The normalized spacial score (nSPS) is 26.2. The van der Waals surface area contributed by atoms with Gasteiger partial charge in [0.1, 0.15) is 12.4 Å². The van der Waals surface area contributed by atoms with Crippen LogP contribution in [0.25, 0.3) is 0 Å². The van der Waals surface area contributed by atoms with E-state index in [-0.39, 0.29) is 0 Å². The Kier molecular flexibility index (Phi) is 5.66. The summed E-state index contributed by atoms with van der Waals surface area (Å²) in [4.78, 5) is 0. The highest BCUT2D eigenvalue weighted by atomic mass is 16.5. The molecule has 0 amide bonds. The van der Waals surface area contributed by atoms with Crippen LogP contribution in [0.5, 0.6) is 5.75 Å². The summed E-state index contributed by atoms with van der Waals surface area (Å²) in [5.74, 6) is 2.53. The average molecular weight is 273 g/mol. The molecule has 0 spiro atoms. The molecule has 0 radical (unpaired) electrons. The van der Waals surface area contributed by atoms with Crippen molar-refractivity contribution < 1.29 is 4.74 Å². The van der Waals surface area contributed by atoms with Crippen molar-refractivity contribution >= 4 is 0 Å². The van der Waals surface area contributed by atoms with E-state index in [1.165, 1.54) is 24.8 Å². The predicted octanol–water partition coefficient (Wildman–Crippen LogP) is 4.17. The molecule has 1 aromatic rings. The molecule has 0 unspecified atom stereocenters. The molecule has 1 N–H and O–H groups in total. The zero-order valence-corrected chi connectivity index (χ0v) is 12.8. The van der Waals surface area contributed by atoms with Gasteiger partial charge in [0.2, 0.25) is 0 Å². The quantitative estimate of drug-likeness (QED) is 0.786. The minimum Gasteiger partial charge on any atom is -0.490 e. The van der Waals surface area contributed by atoms with Gasteiger partial charge in [-0.25, -0.2) is 0 Å². The van der Waals surface area contributed by atoms with E-state index in [1.54, 1.807) is 6.08 Å². The van der Waals surface area contributed by atoms with Gasteiger partial charge in [-0.1, -0.05) is 51.5 Å². The van der Waals surface area contributed by atoms with E-state index in [0.717, 1.165) is 24.1 Å². The summed E-state index contributed by atoms with van der Waals surface area (Å²) >= 11 is 0. The van der Waals surface area contributed by atoms with Crippen LogP contribution in [0.3, 0.4) is 0 Å². The molecule has 110 valence electrons. The smallest absolute Gasteiger partial charge is 0.119 e. The van der Waals surface area contributed by atoms with Crippen LogP contribution in [-0.2, 0) is 6.54 Å². The SMILES string of the molecule is C=CCOc1ccc(CN[C@H]2CCC[C@@H](C)[C@H]2C)cc1. The summed E-state index contributed by atoms with van der Waals surface area (Å²) in [5, 5.41) is 3.72.